The molecule has 100 valence electrons. The van der Waals surface area contributed by atoms with Crippen LogP contribution in [0.3, 0.4) is 0 Å². The van der Waals surface area contributed by atoms with Gasteiger partial charge in [-0.15, -0.1) is 0 Å². The van der Waals surface area contributed by atoms with Crippen LogP contribution in [0.1, 0.15) is 36.5 Å². The quantitative estimate of drug-likeness (QED) is 0.780. The van der Waals surface area contributed by atoms with Crippen LogP contribution < -0.4 is 0 Å². The lowest BCUT2D eigenvalue weighted by Crippen LogP contribution is -2.57. The first kappa shape index (κ1) is 13.4. The van der Waals surface area contributed by atoms with Gasteiger partial charge in [0.15, 0.2) is 0 Å². The summed E-state index contributed by atoms with van der Waals surface area (Å²) >= 11 is 0. The third-order valence-corrected chi connectivity index (χ3v) is 3.68. The monoisotopic (exact) mass is 258 g/mol. The summed E-state index contributed by atoms with van der Waals surface area (Å²) in [6, 6.07) is 5.36. The summed E-state index contributed by atoms with van der Waals surface area (Å²) in [6.45, 7) is 5.15. The van der Waals surface area contributed by atoms with Crippen LogP contribution in [0.15, 0.2) is 18.2 Å². The second-order valence-corrected chi connectivity index (χ2v) is 5.30. The molecule has 0 aromatic heterocycles. The highest BCUT2D eigenvalue weighted by molar-refractivity contribution is 5.41. The Bertz CT molecular complexity index is 445. The molecule has 2 rings (SSSR count). The van der Waals surface area contributed by atoms with Crippen molar-refractivity contribution in [3.63, 3.8) is 0 Å². The van der Waals surface area contributed by atoms with Crippen LogP contribution in [0.25, 0.3) is 0 Å². The van der Waals surface area contributed by atoms with Gasteiger partial charge in [-0.2, -0.15) is 13.2 Å². The van der Waals surface area contributed by atoms with Crippen LogP contribution >= 0.6 is 0 Å². The molecule has 1 fully saturated rings. The van der Waals surface area contributed by atoms with Gasteiger partial charge in [0.05, 0.1) is 13.2 Å². The summed E-state index contributed by atoms with van der Waals surface area (Å²) in [5.74, 6) is 0.218. The molecule has 1 aromatic carbocycles. The number of alkyl halides is 3. The minimum absolute atomic E-state index is 0.218. The first-order valence-corrected chi connectivity index (χ1v) is 6.03. The van der Waals surface area contributed by atoms with E-state index >= 15 is 0 Å². The molecule has 0 amide bonds. The van der Waals surface area contributed by atoms with Gasteiger partial charge >= 0.3 is 6.18 Å². The third kappa shape index (κ3) is 1.92. The van der Waals surface area contributed by atoms with Crippen molar-refractivity contribution < 1.29 is 17.9 Å². The van der Waals surface area contributed by atoms with Gasteiger partial charge in [-0.25, -0.2) is 0 Å². The predicted molar refractivity (Wildman–Crippen MR) is 63.8 cm³/mol. The summed E-state index contributed by atoms with van der Waals surface area (Å²) in [5.41, 5.74) is 0.181. The van der Waals surface area contributed by atoms with Crippen LogP contribution in [-0.2, 0) is 10.2 Å². The zero-order chi connectivity index (χ0) is 13.6. The molecule has 0 aliphatic carbocycles. The molecule has 0 N–H and O–H groups in total. The largest absolute Gasteiger partial charge is 0.402 e. The second kappa shape index (κ2) is 4.26. The summed E-state index contributed by atoms with van der Waals surface area (Å²) in [5, 5.41) is 0. The maximum absolute atomic E-state index is 13.3. The normalized spacial score (nSPS) is 18.8. The number of hydrogen-bond acceptors (Lipinski definition) is 1. The highest BCUT2D eigenvalue weighted by Crippen LogP contribution is 2.47. The van der Waals surface area contributed by atoms with Gasteiger partial charge in [-0.3, -0.25) is 0 Å². The van der Waals surface area contributed by atoms with E-state index in [9.17, 15) is 13.2 Å². The van der Waals surface area contributed by atoms with Gasteiger partial charge < -0.3 is 4.74 Å². The van der Waals surface area contributed by atoms with Crippen LogP contribution in [0, 0.1) is 6.92 Å². The van der Waals surface area contributed by atoms with E-state index in [0.29, 0.717) is 11.1 Å². The Morgan fingerprint density at radius 1 is 1.22 bits per heavy atom. The molecule has 1 aliphatic rings. The molecule has 0 spiro atoms. The van der Waals surface area contributed by atoms with Crippen molar-refractivity contribution in [1.29, 1.82) is 0 Å². The standard InChI is InChI=1S/C14H17F3O/c1-9(2)11-5-4-10(3)12(6-11)13(7-18-8-13)14(15,16)17/h4-6,9H,7-8H2,1-3H3. The number of aryl methyl sites for hydroxylation is 1. The number of benzene rings is 1. The Balaban J connectivity index is 2.52. The van der Waals surface area contributed by atoms with E-state index in [2.05, 4.69) is 0 Å². The second-order valence-electron chi connectivity index (χ2n) is 5.30. The lowest BCUT2D eigenvalue weighted by atomic mass is 9.75. The lowest BCUT2D eigenvalue weighted by molar-refractivity contribution is -0.262. The van der Waals surface area contributed by atoms with Crippen LogP contribution in [0.2, 0.25) is 0 Å². The number of rotatable bonds is 2. The summed E-state index contributed by atoms with van der Waals surface area (Å²) in [6.07, 6.45) is -4.26. The topological polar surface area (TPSA) is 9.23 Å². The molecule has 1 saturated heterocycles. The Morgan fingerprint density at radius 2 is 1.83 bits per heavy atom. The van der Waals surface area contributed by atoms with Crippen LogP contribution in [0.4, 0.5) is 13.2 Å². The molecule has 0 bridgehead atoms. The minimum atomic E-state index is -4.26. The van der Waals surface area contributed by atoms with Crippen LogP contribution in [-0.4, -0.2) is 19.4 Å². The van der Waals surface area contributed by atoms with Crippen molar-refractivity contribution >= 4 is 0 Å². The first-order valence-electron chi connectivity index (χ1n) is 6.03. The van der Waals surface area contributed by atoms with E-state index in [-0.39, 0.29) is 19.1 Å². The third-order valence-electron chi connectivity index (χ3n) is 3.68. The first-order chi connectivity index (χ1) is 8.28. The molecule has 0 atom stereocenters. The van der Waals surface area contributed by atoms with Gasteiger partial charge in [-0.1, -0.05) is 32.0 Å². The van der Waals surface area contributed by atoms with Crippen molar-refractivity contribution in [2.45, 2.75) is 38.3 Å². The fourth-order valence-electron chi connectivity index (χ4n) is 2.29. The molecular formula is C14H17F3O. The van der Waals surface area contributed by atoms with E-state index in [4.69, 9.17) is 4.74 Å². The number of ether oxygens (including phenoxy) is 1. The van der Waals surface area contributed by atoms with Crippen molar-refractivity contribution in [3.05, 3.63) is 34.9 Å². The van der Waals surface area contributed by atoms with Gasteiger partial charge in [-0.05, 0) is 29.5 Å². The van der Waals surface area contributed by atoms with Gasteiger partial charge in [0.2, 0.25) is 0 Å². The van der Waals surface area contributed by atoms with Crippen LogP contribution in [0.5, 0.6) is 0 Å². The molecule has 4 heteroatoms. The fourth-order valence-corrected chi connectivity index (χ4v) is 2.29. The summed E-state index contributed by atoms with van der Waals surface area (Å²) in [4.78, 5) is 0. The van der Waals surface area contributed by atoms with E-state index in [1.54, 1.807) is 19.1 Å². The highest BCUT2D eigenvalue weighted by Gasteiger charge is 2.61. The Morgan fingerprint density at radius 3 is 2.22 bits per heavy atom. The molecule has 1 heterocycles. The molecule has 1 aliphatic heterocycles. The van der Waals surface area contributed by atoms with E-state index in [1.807, 2.05) is 19.9 Å². The van der Waals surface area contributed by atoms with E-state index in [0.717, 1.165) is 5.56 Å². The predicted octanol–water partition coefficient (Wildman–Crippen LogP) is 3.95. The molecule has 0 unspecified atom stereocenters. The maximum atomic E-state index is 13.3. The Kier molecular flexibility index (Phi) is 3.18. The van der Waals surface area contributed by atoms with E-state index < -0.39 is 11.6 Å². The maximum Gasteiger partial charge on any atom is 0.402 e. The van der Waals surface area contributed by atoms with Crippen molar-refractivity contribution in [2.75, 3.05) is 13.2 Å². The van der Waals surface area contributed by atoms with Crippen molar-refractivity contribution in [1.82, 2.24) is 0 Å². The molecule has 1 nitrogen and oxygen atoms in total. The SMILES string of the molecule is Cc1ccc(C(C)C)cc1C1(C(F)(F)F)COC1. The summed E-state index contributed by atoms with van der Waals surface area (Å²) in [7, 11) is 0. The fraction of sp³-hybridized carbons (Fsp3) is 0.571. The van der Waals surface area contributed by atoms with Gasteiger partial charge in [0, 0.05) is 0 Å². The molecule has 18 heavy (non-hydrogen) atoms. The zero-order valence-corrected chi connectivity index (χ0v) is 10.8. The lowest BCUT2D eigenvalue weighted by Gasteiger charge is -2.44. The van der Waals surface area contributed by atoms with Crippen molar-refractivity contribution in [3.8, 4) is 0 Å². The smallest absolute Gasteiger partial charge is 0.379 e. The molecular weight excluding hydrogens is 241 g/mol. The van der Waals surface area contributed by atoms with E-state index in [1.165, 1.54) is 0 Å². The number of hydrogen-bond donors (Lipinski definition) is 0. The van der Waals surface area contributed by atoms with Crippen molar-refractivity contribution in [2.24, 2.45) is 0 Å². The summed E-state index contributed by atoms with van der Waals surface area (Å²) < 4.78 is 44.7. The van der Waals surface area contributed by atoms with Gasteiger partial charge in [0.1, 0.15) is 5.41 Å². The zero-order valence-electron chi connectivity index (χ0n) is 10.8. The highest BCUT2D eigenvalue weighted by atomic mass is 19.4. The molecule has 1 aromatic rings. The molecule has 0 saturated carbocycles. The Labute approximate surface area is 105 Å². The molecule has 0 radical (unpaired) electrons. The number of halogens is 3. The minimum Gasteiger partial charge on any atom is -0.379 e. The Hall–Kier alpha value is -1.03. The average molecular weight is 258 g/mol. The van der Waals surface area contributed by atoms with Gasteiger partial charge in [0.25, 0.3) is 0 Å². The average Bonchev–Trinajstić information content (AvgIpc) is 2.16.